The predicted molar refractivity (Wildman–Crippen MR) is 92.8 cm³/mol. The molecule has 0 fully saturated rings. The number of carbonyl (C=O) groups excluding carboxylic acids is 1. The maximum atomic E-state index is 11.8. The van der Waals surface area contributed by atoms with Gasteiger partial charge >= 0.3 is 135 Å². The van der Waals surface area contributed by atoms with Crippen LogP contribution in [0.1, 0.15) is 97.8 Å². The molecule has 20 heavy (non-hydrogen) atoms. The normalized spacial score (nSPS) is 11.2. The second-order valence-corrected chi connectivity index (χ2v) is 14.5. The number of rotatable bonds is 15. The van der Waals surface area contributed by atoms with Gasteiger partial charge in [-0.1, -0.05) is 0 Å². The van der Waals surface area contributed by atoms with Crippen LogP contribution in [-0.2, 0) is 4.79 Å². The van der Waals surface area contributed by atoms with Crippen LogP contribution < -0.4 is 0 Å². The third-order valence-electron chi connectivity index (χ3n) is 4.16. The van der Waals surface area contributed by atoms with Crippen molar-refractivity contribution in [3.8, 4) is 0 Å². The van der Waals surface area contributed by atoms with Gasteiger partial charge in [0.2, 0.25) is 0 Å². The third-order valence-corrected chi connectivity index (χ3v) is 12.5. The van der Waals surface area contributed by atoms with Crippen molar-refractivity contribution < 1.29 is 4.79 Å². The van der Waals surface area contributed by atoms with E-state index in [1.165, 1.54) is 85.9 Å². The first-order valence-electron chi connectivity index (χ1n) is 9.08. The fourth-order valence-corrected chi connectivity index (χ4v) is 9.30. The molecule has 1 radical (unpaired) electrons. The van der Waals surface area contributed by atoms with Crippen molar-refractivity contribution in [3.63, 3.8) is 0 Å². The molecule has 1 nitrogen and oxygen atoms in total. The van der Waals surface area contributed by atoms with E-state index in [1.807, 2.05) is 6.92 Å². The molecule has 0 rings (SSSR count). The molecule has 2 heteroatoms. The minimum absolute atomic E-state index is 0.620. The Labute approximate surface area is 135 Å². The van der Waals surface area contributed by atoms with Gasteiger partial charge in [0, 0.05) is 0 Å². The predicted octanol–water partition coefficient (Wildman–Crippen LogP) is 6.33. The topological polar surface area (TPSA) is 17.1 Å². The molecule has 0 amide bonds. The van der Waals surface area contributed by atoms with E-state index in [0.29, 0.717) is 3.80 Å². The average Bonchev–Trinajstić information content (AvgIpc) is 2.43. The Bertz CT molecular complexity index is 199. The minimum atomic E-state index is -1.65. The van der Waals surface area contributed by atoms with Gasteiger partial charge in [-0.3, -0.25) is 0 Å². The molecule has 0 atom stereocenters. The van der Waals surface area contributed by atoms with Gasteiger partial charge in [-0.15, -0.1) is 0 Å². The summed E-state index contributed by atoms with van der Waals surface area (Å²) in [5.41, 5.74) is 0. The molecule has 0 spiro atoms. The molecule has 0 aliphatic carbocycles. The molecule has 0 aromatic heterocycles. The zero-order chi connectivity index (χ0) is 15.1. The SMILES string of the molecule is CCCCCCC[CH2][Sn]([CH2]CCCCCCC)[C](C)=O. The van der Waals surface area contributed by atoms with Crippen molar-refractivity contribution in [2.24, 2.45) is 0 Å². The van der Waals surface area contributed by atoms with Crippen LogP contribution in [0.25, 0.3) is 0 Å². The van der Waals surface area contributed by atoms with E-state index in [1.54, 1.807) is 0 Å². The molecule has 0 aliphatic heterocycles. The molecule has 0 N–H and O–H groups in total. The van der Waals surface area contributed by atoms with Crippen molar-refractivity contribution in [2.45, 2.75) is 107 Å². The Kier molecular flexibility index (Phi) is 16.2. The van der Waals surface area contributed by atoms with E-state index in [-0.39, 0.29) is 0 Å². The van der Waals surface area contributed by atoms with Gasteiger partial charge < -0.3 is 0 Å². The average molecular weight is 388 g/mol. The van der Waals surface area contributed by atoms with Gasteiger partial charge in [-0.25, -0.2) is 0 Å². The van der Waals surface area contributed by atoms with Crippen molar-refractivity contribution in [1.82, 2.24) is 0 Å². The quantitative estimate of drug-likeness (QED) is 0.237. The standard InChI is InChI=1S/2C8H17.C2H3O.Sn/c2*1-3-5-7-8-6-4-2;1-2-3;/h2*1,3-8H2,2H3;1H3;. The summed E-state index contributed by atoms with van der Waals surface area (Å²) in [5.74, 6) is 0. The van der Waals surface area contributed by atoms with E-state index in [0.717, 1.165) is 0 Å². The summed E-state index contributed by atoms with van der Waals surface area (Å²) in [5, 5.41) is 0. The molecule has 0 unspecified atom stereocenters. The summed E-state index contributed by atoms with van der Waals surface area (Å²) < 4.78 is 3.28. The maximum absolute atomic E-state index is 11.8. The van der Waals surface area contributed by atoms with Crippen LogP contribution >= 0.6 is 0 Å². The van der Waals surface area contributed by atoms with E-state index >= 15 is 0 Å². The third kappa shape index (κ3) is 13.5. The molecular weight excluding hydrogens is 351 g/mol. The fraction of sp³-hybridized carbons (Fsp3) is 0.944. The summed E-state index contributed by atoms with van der Waals surface area (Å²) in [6, 6.07) is 0. The Morgan fingerprint density at radius 1 is 0.650 bits per heavy atom. The van der Waals surface area contributed by atoms with Gasteiger partial charge in [0.05, 0.1) is 0 Å². The van der Waals surface area contributed by atoms with E-state index in [2.05, 4.69) is 13.8 Å². The van der Waals surface area contributed by atoms with Crippen LogP contribution in [0, 0.1) is 0 Å². The Hall–Kier alpha value is 0.469. The second kappa shape index (κ2) is 15.8. The summed E-state index contributed by atoms with van der Waals surface area (Å²) in [6.07, 6.45) is 16.4. The zero-order valence-corrected chi connectivity index (χ0v) is 17.2. The van der Waals surface area contributed by atoms with Crippen LogP contribution in [0.5, 0.6) is 0 Å². The summed E-state index contributed by atoms with van der Waals surface area (Å²) in [6.45, 7) is 6.41. The molecule has 0 aromatic carbocycles. The van der Waals surface area contributed by atoms with Gasteiger partial charge in [-0.05, 0) is 0 Å². The van der Waals surface area contributed by atoms with Crippen molar-refractivity contribution in [1.29, 1.82) is 0 Å². The number of hydrogen-bond donors (Lipinski definition) is 0. The van der Waals surface area contributed by atoms with Crippen LogP contribution in [0.4, 0.5) is 0 Å². The Balaban J connectivity index is 3.53. The first kappa shape index (κ1) is 20.5. The van der Waals surface area contributed by atoms with E-state index in [4.69, 9.17) is 0 Å². The van der Waals surface area contributed by atoms with Gasteiger partial charge in [-0.2, -0.15) is 0 Å². The van der Waals surface area contributed by atoms with Gasteiger partial charge in [0.15, 0.2) is 0 Å². The fourth-order valence-electron chi connectivity index (χ4n) is 2.71. The number of hydrogen-bond acceptors (Lipinski definition) is 1. The summed E-state index contributed by atoms with van der Waals surface area (Å²) >= 11 is -1.65. The number of carbonyl (C=O) groups is 1. The molecular formula is C18H37OSn. The van der Waals surface area contributed by atoms with E-state index < -0.39 is 19.8 Å². The van der Waals surface area contributed by atoms with Crippen LogP contribution in [0.3, 0.4) is 0 Å². The molecule has 0 saturated heterocycles. The monoisotopic (exact) mass is 389 g/mol. The van der Waals surface area contributed by atoms with Crippen LogP contribution in [0.15, 0.2) is 0 Å². The second-order valence-electron chi connectivity index (χ2n) is 6.20. The first-order valence-corrected chi connectivity index (χ1v) is 14.5. The van der Waals surface area contributed by atoms with Gasteiger partial charge in [0.1, 0.15) is 0 Å². The number of unbranched alkanes of at least 4 members (excludes halogenated alkanes) is 10. The van der Waals surface area contributed by atoms with Gasteiger partial charge in [0.25, 0.3) is 0 Å². The van der Waals surface area contributed by atoms with Crippen molar-refractivity contribution >= 4 is 23.6 Å². The van der Waals surface area contributed by atoms with Crippen LogP contribution in [0.2, 0.25) is 8.87 Å². The van der Waals surface area contributed by atoms with Crippen molar-refractivity contribution in [3.05, 3.63) is 0 Å². The molecule has 0 aromatic rings. The summed E-state index contributed by atoms with van der Waals surface area (Å²) in [4.78, 5) is 11.8. The first-order chi connectivity index (χ1) is 9.72. The molecule has 0 saturated carbocycles. The summed E-state index contributed by atoms with van der Waals surface area (Å²) in [7, 11) is 0. The Morgan fingerprint density at radius 2 is 1.00 bits per heavy atom. The molecule has 0 bridgehead atoms. The Morgan fingerprint density at radius 3 is 1.35 bits per heavy atom. The van der Waals surface area contributed by atoms with E-state index in [9.17, 15) is 4.79 Å². The zero-order valence-electron chi connectivity index (χ0n) is 14.3. The van der Waals surface area contributed by atoms with Crippen LogP contribution in [-0.4, -0.2) is 23.6 Å². The molecule has 0 heterocycles. The molecule has 119 valence electrons. The molecule has 0 aliphatic rings. The van der Waals surface area contributed by atoms with Crippen molar-refractivity contribution in [2.75, 3.05) is 0 Å².